The lowest BCUT2D eigenvalue weighted by molar-refractivity contribution is 0.684. The topological polar surface area (TPSA) is 107 Å². The largest absolute Gasteiger partial charge is 0.359 e. The van der Waals surface area contributed by atoms with Gasteiger partial charge in [-0.3, -0.25) is 4.79 Å². The summed E-state index contributed by atoms with van der Waals surface area (Å²) in [7, 11) is 0. The second-order valence-corrected chi connectivity index (χ2v) is 6.53. The summed E-state index contributed by atoms with van der Waals surface area (Å²) in [6.45, 7) is 1.87. The highest BCUT2D eigenvalue weighted by atomic mass is 19.1. The number of aromatic nitrogens is 2. The minimum atomic E-state index is -0.690. The average Bonchev–Trinajstić information content (AvgIpc) is 2.78. The van der Waals surface area contributed by atoms with Crippen molar-refractivity contribution in [3.63, 3.8) is 0 Å². The van der Waals surface area contributed by atoms with Crippen molar-refractivity contribution in [2.45, 2.75) is 6.92 Å². The minimum absolute atomic E-state index is 0.174. The molecule has 31 heavy (non-hydrogen) atoms. The normalized spacial score (nSPS) is 11.7. The first-order chi connectivity index (χ1) is 15.0. The van der Waals surface area contributed by atoms with Gasteiger partial charge in [0.2, 0.25) is 5.43 Å². The van der Waals surface area contributed by atoms with Crippen LogP contribution >= 0.6 is 0 Å². The van der Waals surface area contributed by atoms with Gasteiger partial charge in [0.25, 0.3) is 0 Å². The van der Waals surface area contributed by atoms with E-state index in [0.717, 1.165) is 29.4 Å². The Hall–Kier alpha value is -4.33. The summed E-state index contributed by atoms with van der Waals surface area (Å²) in [5.41, 5.74) is 3.28. The smallest absolute Gasteiger partial charge is 0.209 e. The maximum absolute atomic E-state index is 13.1. The van der Waals surface area contributed by atoms with Crippen molar-refractivity contribution < 1.29 is 4.39 Å². The second kappa shape index (κ2) is 9.93. The molecule has 0 aliphatic heterocycles. The minimum Gasteiger partial charge on any atom is -0.359 e. The molecule has 7 nitrogen and oxygen atoms in total. The highest BCUT2D eigenvalue weighted by Crippen LogP contribution is 2.20. The van der Waals surface area contributed by atoms with Crippen LogP contribution in [0, 0.1) is 17.7 Å². The average molecular weight is 416 g/mol. The summed E-state index contributed by atoms with van der Waals surface area (Å²) in [4.78, 5) is 12.5. The number of para-hydroxylation sites is 1. The van der Waals surface area contributed by atoms with Crippen LogP contribution in [0.1, 0.15) is 11.3 Å². The Morgan fingerprint density at radius 2 is 1.87 bits per heavy atom. The molecule has 0 saturated heterocycles. The van der Waals surface area contributed by atoms with Crippen molar-refractivity contribution in [3.05, 3.63) is 100 Å². The molecule has 0 unspecified atom stereocenters. The summed E-state index contributed by atoms with van der Waals surface area (Å²) in [6, 6.07) is 16.1. The van der Waals surface area contributed by atoms with Crippen molar-refractivity contribution in [1.29, 1.82) is 10.8 Å². The third-order valence-electron chi connectivity index (χ3n) is 4.32. The quantitative estimate of drug-likeness (QED) is 0.405. The molecule has 3 aromatic rings. The first-order valence-corrected chi connectivity index (χ1v) is 9.38. The van der Waals surface area contributed by atoms with Crippen LogP contribution in [0.3, 0.4) is 0 Å². The summed E-state index contributed by atoms with van der Waals surface area (Å²) >= 11 is 0. The number of benzene rings is 2. The number of hydrogen-bond acceptors (Lipinski definition) is 6. The van der Waals surface area contributed by atoms with E-state index in [9.17, 15) is 9.18 Å². The zero-order valence-corrected chi connectivity index (χ0v) is 16.8. The molecule has 0 bridgehead atoms. The van der Waals surface area contributed by atoms with E-state index in [2.05, 4.69) is 15.7 Å². The molecule has 0 atom stereocenters. The van der Waals surface area contributed by atoms with E-state index >= 15 is 0 Å². The third kappa shape index (κ3) is 5.39. The zero-order chi connectivity index (χ0) is 22.2. The number of aryl methyl sites for hydroxylation is 1. The van der Waals surface area contributed by atoms with Crippen molar-refractivity contribution in [1.82, 2.24) is 9.78 Å². The van der Waals surface area contributed by atoms with Crippen LogP contribution in [0.4, 0.5) is 15.8 Å². The third-order valence-corrected chi connectivity index (χ3v) is 4.32. The number of anilines is 2. The molecule has 0 amide bonds. The summed E-state index contributed by atoms with van der Waals surface area (Å²) in [5, 5.41) is 24.7. The molecule has 0 aliphatic carbocycles. The van der Waals surface area contributed by atoms with Crippen LogP contribution in [0.2, 0.25) is 0 Å². The lowest BCUT2D eigenvalue weighted by Crippen LogP contribution is -2.18. The number of hydrogen-bond donors (Lipinski definition) is 4. The molecule has 0 aliphatic rings. The van der Waals surface area contributed by atoms with E-state index < -0.39 is 5.83 Å². The van der Waals surface area contributed by atoms with Gasteiger partial charge < -0.3 is 21.5 Å². The summed E-state index contributed by atoms with van der Waals surface area (Å²) < 4.78 is 14.7. The molecule has 8 heteroatoms. The number of rotatable bonds is 8. The van der Waals surface area contributed by atoms with Crippen LogP contribution in [-0.2, 0) is 0 Å². The Kier molecular flexibility index (Phi) is 6.85. The first-order valence-electron chi connectivity index (χ1n) is 9.38. The van der Waals surface area contributed by atoms with Gasteiger partial charge in [0, 0.05) is 36.1 Å². The van der Waals surface area contributed by atoms with Crippen molar-refractivity contribution in [3.8, 4) is 5.69 Å². The molecular weight excluding hydrogens is 395 g/mol. The molecule has 4 N–H and O–H groups in total. The van der Waals surface area contributed by atoms with E-state index in [-0.39, 0.29) is 11.1 Å². The molecule has 1 heterocycles. The van der Waals surface area contributed by atoms with Crippen molar-refractivity contribution in [2.24, 2.45) is 0 Å². The number of nitrogens with one attached hydrogen (secondary N) is 4. The van der Waals surface area contributed by atoms with E-state index in [1.807, 2.05) is 37.3 Å². The maximum atomic E-state index is 13.1. The Morgan fingerprint density at radius 3 is 2.55 bits per heavy atom. The van der Waals surface area contributed by atoms with Crippen molar-refractivity contribution >= 4 is 29.5 Å². The predicted molar refractivity (Wildman–Crippen MR) is 123 cm³/mol. The van der Waals surface area contributed by atoms with E-state index in [1.54, 1.807) is 29.1 Å². The van der Waals surface area contributed by atoms with Crippen LogP contribution in [0.25, 0.3) is 11.4 Å². The predicted octanol–water partition coefficient (Wildman–Crippen LogP) is 4.52. The lowest BCUT2D eigenvalue weighted by Gasteiger charge is -2.14. The number of nitrogens with zero attached hydrogens (tertiary/aromatic N) is 2. The summed E-state index contributed by atoms with van der Waals surface area (Å²) in [5.74, 6) is -0.690. The standard InChI is InChI=1S/C23H21FN6O/c1-16-13-19(27-15-17(24)14-26)7-8-21(16)30-12-10-22(31)23(29-30)20(9-11-25)28-18-5-3-2-4-6-18/h2-15,25-28H,1H3/b17-15+,20-9-,25-11?,26-14?. The SMILES string of the molecule is Cc1cc(N/C=C(/F)C=N)ccc1-n1ccc(=O)c(/C(=C/C=N)Nc2ccccc2)n1. The monoisotopic (exact) mass is 416 g/mol. The first kappa shape index (κ1) is 21.4. The van der Waals surface area contributed by atoms with Gasteiger partial charge in [0.05, 0.1) is 17.6 Å². The Bertz CT molecular complexity index is 1210. The van der Waals surface area contributed by atoms with Gasteiger partial charge in [-0.1, -0.05) is 18.2 Å². The number of halogens is 1. The molecule has 2 aromatic carbocycles. The lowest BCUT2D eigenvalue weighted by atomic mass is 10.1. The highest BCUT2D eigenvalue weighted by Gasteiger charge is 2.11. The van der Waals surface area contributed by atoms with Gasteiger partial charge in [-0.15, -0.1) is 0 Å². The van der Waals surface area contributed by atoms with Gasteiger partial charge in [-0.2, -0.15) is 5.10 Å². The molecule has 3 rings (SSSR count). The van der Waals surface area contributed by atoms with Gasteiger partial charge in [-0.05, 0) is 48.9 Å². The fourth-order valence-corrected chi connectivity index (χ4v) is 2.86. The molecule has 0 saturated carbocycles. The fraction of sp³-hybridized carbons (Fsp3) is 0.0435. The van der Waals surface area contributed by atoms with E-state index in [1.165, 1.54) is 12.1 Å². The summed E-state index contributed by atoms with van der Waals surface area (Å²) in [6.07, 6.45) is 5.85. The highest BCUT2D eigenvalue weighted by molar-refractivity contribution is 5.86. The van der Waals surface area contributed by atoms with Crippen LogP contribution in [0.5, 0.6) is 0 Å². The van der Waals surface area contributed by atoms with Gasteiger partial charge in [-0.25, -0.2) is 9.07 Å². The van der Waals surface area contributed by atoms with Crippen LogP contribution < -0.4 is 16.1 Å². The Morgan fingerprint density at radius 1 is 1.10 bits per heavy atom. The molecule has 0 fully saturated rings. The fourth-order valence-electron chi connectivity index (χ4n) is 2.86. The molecule has 0 spiro atoms. The Balaban J connectivity index is 1.96. The van der Waals surface area contributed by atoms with Gasteiger partial charge >= 0.3 is 0 Å². The van der Waals surface area contributed by atoms with E-state index in [0.29, 0.717) is 17.6 Å². The van der Waals surface area contributed by atoms with Gasteiger partial charge in [0.15, 0.2) is 11.5 Å². The van der Waals surface area contributed by atoms with Crippen LogP contribution in [0.15, 0.2) is 83.7 Å². The van der Waals surface area contributed by atoms with Gasteiger partial charge in [0.1, 0.15) is 0 Å². The molecule has 1 aromatic heterocycles. The molecule has 156 valence electrons. The van der Waals surface area contributed by atoms with E-state index in [4.69, 9.17) is 10.8 Å². The maximum Gasteiger partial charge on any atom is 0.209 e. The second-order valence-electron chi connectivity index (χ2n) is 6.53. The molecule has 0 radical (unpaired) electrons. The number of allylic oxidation sites excluding steroid dienone is 2. The molecular formula is C23H21FN6O. The van der Waals surface area contributed by atoms with Crippen LogP contribution in [-0.4, -0.2) is 22.2 Å². The Labute approximate surface area is 178 Å². The van der Waals surface area contributed by atoms with Crippen molar-refractivity contribution in [2.75, 3.05) is 10.6 Å². The zero-order valence-electron chi connectivity index (χ0n) is 16.8.